The van der Waals surface area contributed by atoms with E-state index in [1.165, 1.54) is 70.6 Å². The molecule has 1 unspecified atom stereocenters. The van der Waals surface area contributed by atoms with Crippen LogP contribution in [-0.2, 0) is 28.6 Å². The maximum atomic E-state index is 12.7. The summed E-state index contributed by atoms with van der Waals surface area (Å²) in [6.07, 6.45) is 57.4. The van der Waals surface area contributed by atoms with Crippen molar-refractivity contribution in [1.82, 2.24) is 0 Å². The van der Waals surface area contributed by atoms with Crippen LogP contribution in [0.15, 0.2) is 72.9 Å². The summed E-state index contributed by atoms with van der Waals surface area (Å²) >= 11 is 0. The van der Waals surface area contributed by atoms with E-state index in [-0.39, 0.29) is 37.5 Å². The molecule has 0 N–H and O–H groups in total. The molecule has 0 aromatic carbocycles. The molecule has 0 aromatic rings. The molecular formula is C52H88O6. The average Bonchev–Trinajstić information content (AvgIpc) is 3.22. The van der Waals surface area contributed by atoms with Crippen LogP contribution in [0.25, 0.3) is 0 Å². The number of hydrogen-bond donors (Lipinski definition) is 0. The Hall–Kier alpha value is -3.15. The van der Waals surface area contributed by atoms with Gasteiger partial charge in [0.2, 0.25) is 0 Å². The van der Waals surface area contributed by atoms with Gasteiger partial charge in [-0.1, -0.05) is 184 Å². The molecule has 0 saturated carbocycles. The molecule has 0 aromatic heterocycles. The molecule has 0 spiro atoms. The molecule has 6 nitrogen and oxygen atoms in total. The first-order valence-electron chi connectivity index (χ1n) is 23.9. The molecule has 1 atom stereocenters. The Morgan fingerprint density at radius 1 is 0.362 bits per heavy atom. The number of carbonyl (C=O) groups excluding carboxylic acids is 3. The second kappa shape index (κ2) is 46.5. The zero-order valence-electron chi connectivity index (χ0n) is 37.8. The second-order valence-corrected chi connectivity index (χ2v) is 15.6. The summed E-state index contributed by atoms with van der Waals surface area (Å²) in [5.74, 6) is -0.958. The third-order valence-corrected chi connectivity index (χ3v) is 9.95. The van der Waals surface area contributed by atoms with Gasteiger partial charge in [-0.15, -0.1) is 0 Å². The van der Waals surface area contributed by atoms with Crippen molar-refractivity contribution in [2.45, 2.75) is 226 Å². The lowest BCUT2D eigenvalue weighted by Crippen LogP contribution is -2.30. The fourth-order valence-corrected chi connectivity index (χ4v) is 6.34. The zero-order chi connectivity index (χ0) is 42.3. The van der Waals surface area contributed by atoms with E-state index >= 15 is 0 Å². The monoisotopic (exact) mass is 809 g/mol. The largest absolute Gasteiger partial charge is 0.462 e. The highest BCUT2D eigenvalue weighted by atomic mass is 16.6. The van der Waals surface area contributed by atoms with Gasteiger partial charge >= 0.3 is 17.9 Å². The molecule has 0 radical (unpaired) electrons. The second-order valence-electron chi connectivity index (χ2n) is 15.6. The Morgan fingerprint density at radius 2 is 0.672 bits per heavy atom. The van der Waals surface area contributed by atoms with Gasteiger partial charge in [-0.05, 0) is 89.9 Å². The van der Waals surface area contributed by atoms with Crippen LogP contribution in [0.2, 0.25) is 0 Å². The zero-order valence-corrected chi connectivity index (χ0v) is 37.8. The first kappa shape index (κ1) is 54.9. The van der Waals surface area contributed by atoms with Crippen molar-refractivity contribution in [3.63, 3.8) is 0 Å². The number of hydrogen-bond acceptors (Lipinski definition) is 6. The SMILES string of the molecule is CC/C=C\C/C=C\C/C=C\C/C=C\CCCCC(=O)OC(COC(=O)CCCCCCC/C=C\C/C=C\CCCCCC)COC(=O)CCCCCCCCCCC. The van der Waals surface area contributed by atoms with Crippen molar-refractivity contribution in [3.8, 4) is 0 Å². The Labute approximate surface area is 357 Å². The average molecular weight is 809 g/mol. The van der Waals surface area contributed by atoms with Crippen LogP contribution in [-0.4, -0.2) is 37.2 Å². The van der Waals surface area contributed by atoms with Gasteiger partial charge in [-0.25, -0.2) is 0 Å². The lowest BCUT2D eigenvalue weighted by Gasteiger charge is -2.18. The summed E-state index contributed by atoms with van der Waals surface area (Å²) in [4.78, 5) is 37.8. The highest BCUT2D eigenvalue weighted by Crippen LogP contribution is 2.13. The molecule has 0 fully saturated rings. The van der Waals surface area contributed by atoms with Gasteiger partial charge in [-0.3, -0.25) is 14.4 Å². The van der Waals surface area contributed by atoms with Gasteiger partial charge in [-0.2, -0.15) is 0 Å². The van der Waals surface area contributed by atoms with E-state index in [1.807, 2.05) is 0 Å². The Morgan fingerprint density at radius 3 is 1.10 bits per heavy atom. The number of unbranched alkanes of at least 4 members (excludes halogenated alkanes) is 19. The Bertz CT molecular complexity index is 1110. The molecule has 0 saturated heterocycles. The van der Waals surface area contributed by atoms with Gasteiger partial charge < -0.3 is 14.2 Å². The number of allylic oxidation sites excluding steroid dienone is 12. The summed E-state index contributed by atoms with van der Waals surface area (Å²) in [6.45, 7) is 6.43. The molecule has 0 bridgehead atoms. The molecule has 6 heteroatoms. The van der Waals surface area contributed by atoms with Crippen LogP contribution in [0.3, 0.4) is 0 Å². The first-order valence-corrected chi connectivity index (χ1v) is 23.9. The minimum Gasteiger partial charge on any atom is -0.462 e. The maximum Gasteiger partial charge on any atom is 0.306 e. The first-order chi connectivity index (χ1) is 28.5. The van der Waals surface area contributed by atoms with Crippen LogP contribution in [0.4, 0.5) is 0 Å². The van der Waals surface area contributed by atoms with Gasteiger partial charge in [0.05, 0.1) is 0 Å². The summed E-state index contributed by atoms with van der Waals surface area (Å²) in [5.41, 5.74) is 0. The van der Waals surface area contributed by atoms with E-state index in [0.717, 1.165) is 103 Å². The predicted molar refractivity (Wildman–Crippen MR) is 247 cm³/mol. The van der Waals surface area contributed by atoms with E-state index in [0.29, 0.717) is 19.3 Å². The van der Waals surface area contributed by atoms with Crippen molar-refractivity contribution < 1.29 is 28.6 Å². The summed E-state index contributed by atoms with van der Waals surface area (Å²) in [7, 11) is 0. The van der Waals surface area contributed by atoms with Crippen LogP contribution in [0, 0.1) is 0 Å². The molecule has 0 heterocycles. The molecule has 0 aliphatic carbocycles. The van der Waals surface area contributed by atoms with E-state index in [4.69, 9.17) is 14.2 Å². The third-order valence-electron chi connectivity index (χ3n) is 9.95. The van der Waals surface area contributed by atoms with Crippen molar-refractivity contribution in [2.75, 3.05) is 13.2 Å². The lowest BCUT2D eigenvalue weighted by atomic mass is 10.1. The van der Waals surface area contributed by atoms with Crippen LogP contribution in [0.1, 0.15) is 220 Å². The van der Waals surface area contributed by atoms with E-state index in [1.54, 1.807) is 0 Å². The summed E-state index contributed by atoms with van der Waals surface area (Å²) in [6, 6.07) is 0. The molecule has 58 heavy (non-hydrogen) atoms. The van der Waals surface area contributed by atoms with E-state index < -0.39 is 6.10 Å². The lowest BCUT2D eigenvalue weighted by molar-refractivity contribution is -0.167. The summed E-state index contributed by atoms with van der Waals surface area (Å²) < 4.78 is 16.7. The minimum absolute atomic E-state index is 0.0962. The topological polar surface area (TPSA) is 78.9 Å². The van der Waals surface area contributed by atoms with E-state index in [9.17, 15) is 14.4 Å². The number of ether oxygens (including phenoxy) is 3. The Kier molecular flexibility index (Phi) is 44.0. The highest BCUT2D eigenvalue weighted by Gasteiger charge is 2.19. The smallest absolute Gasteiger partial charge is 0.306 e. The van der Waals surface area contributed by atoms with Gasteiger partial charge in [0.1, 0.15) is 13.2 Å². The standard InChI is InChI=1S/C52H88O6/c1-4-7-10-13-16-19-21-23-25-27-28-30-33-36-39-42-45-51(54)57-48-49(47-56-50(53)44-41-38-35-32-18-15-12-9-6-3)58-52(55)46-43-40-37-34-31-29-26-24-22-20-17-14-11-8-5-2/h8,11,17,19-21,24-27,31,34,49H,4-7,9-10,12-16,18,22-23,28-30,32-33,35-48H2,1-3H3/b11-8-,20-17-,21-19-,26-24-,27-25-,34-31-. The predicted octanol–water partition coefficient (Wildman–Crippen LogP) is 15.5. The van der Waals surface area contributed by atoms with Gasteiger partial charge in [0, 0.05) is 19.3 Å². The Balaban J connectivity index is 4.45. The van der Waals surface area contributed by atoms with Crippen molar-refractivity contribution in [1.29, 1.82) is 0 Å². The molecular weight excluding hydrogens is 721 g/mol. The fraction of sp³-hybridized carbons (Fsp3) is 0.712. The van der Waals surface area contributed by atoms with Crippen LogP contribution in [0.5, 0.6) is 0 Å². The number of carbonyl (C=O) groups is 3. The van der Waals surface area contributed by atoms with Crippen molar-refractivity contribution in [3.05, 3.63) is 72.9 Å². The molecule has 0 amide bonds. The fourth-order valence-electron chi connectivity index (χ4n) is 6.34. The quantitative estimate of drug-likeness (QED) is 0.0264. The summed E-state index contributed by atoms with van der Waals surface area (Å²) in [5, 5.41) is 0. The van der Waals surface area contributed by atoms with Crippen LogP contribution >= 0.6 is 0 Å². The molecule has 0 rings (SSSR count). The minimum atomic E-state index is -0.799. The third kappa shape index (κ3) is 44.0. The van der Waals surface area contributed by atoms with Crippen LogP contribution < -0.4 is 0 Å². The number of rotatable bonds is 42. The van der Waals surface area contributed by atoms with Crippen molar-refractivity contribution in [2.24, 2.45) is 0 Å². The molecule has 332 valence electrons. The maximum absolute atomic E-state index is 12.7. The normalized spacial score (nSPS) is 12.7. The highest BCUT2D eigenvalue weighted by molar-refractivity contribution is 5.71. The van der Waals surface area contributed by atoms with Gasteiger partial charge in [0.15, 0.2) is 6.10 Å². The molecule has 0 aliphatic rings. The molecule has 0 aliphatic heterocycles. The van der Waals surface area contributed by atoms with Gasteiger partial charge in [0.25, 0.3) is 0 Å². The van der Waals surface area contributed by atoms with E-state index in [2.05, 4.69) is 93.7 Å². The number of esters is 3. The van der Waals surface area contributed by atoms with Crippen molar-refractivity contribution >= 4 is 17.9 Å².